The second-order valence-corrected chi connectivity index (χ2v) is 5.13. The molecule has 0 spiro atoms. The Labute approximate surface area is 132 Å². The summed E-state index contributed by atoms with van der Waals surface area (Å²) in [4.78, 5) is 23.1. The fraction of sp³-hybridized carbons (Fsp3) is 0.222. The summed E-state index contributed by atoms with van der Waals surface area (Å²) >= 11 is 0. The Hall–Kier alpha value is -2.82. The van der Waals surface area contributed by atoms with Crippen molar-refractivity contribution in [1.29, 1.82) is 0 Å². The summed E-state index contributed by atoms with van der Waals surface area (Å²) in [6.07, 6.45) is 0.597. The highest BCUT2D eigenvalue weighted by Crippen LogP contribution is 2.22. The molecule has 5 heteroatoms. The summed E-state index contributed by atoms with van der Waals surface area (Å²) < 4.78 is 16.2. The Morgan fingerprint density at radius 3 is 2.65 bits per heavy atom. The zero-order valence-electron chi connectivity index (χ0n) is 12.7. The molecule has 1 aromatic heterocycles. The van der Waals surface area contributed by atoms with E-state index in [0.717, 1.165) is 0 Å². The molecule has 0 fully saturated rings. The van der Waals surface area contributed by atoms with E-state index in [2.05, 4.69) is 0 Å². The van der Waals surface area contributed by atoms with Gasteiger partial charge in [-0.15, -0.1) is 0 Å². The fourth-order valence-corrected chi connectivity index (χ4v) is 2.34. The molecule has 0 unspecified atom stereocenters. The van der Waals surface area contributed by atoms with Crippen LogP contribution in [0.4, 0.5) is 0 Å². The Bertz CT molecular complexity index is 910. The number of esters is 1. The number of benzene rings is 2. The molecule has 3 rings (SSSR count). The molecule has 0 N–H and O–H groups in total. The topological polar surface area (TPSA) is 65.7 Å². The maximum Gasteiger partial charge on any atom is 0.302 e. The molecule has 0 aliphatic heterocycles. The minimum atomic E-state index is -0.302. The first-order valence-electron chi connectivity index (χ1n) is 7.37. The SMILES string of the molecule is CC(=O)OCCCOc1ccc2c(=O)c3ccccc3oc2c1. The van der Waals surface area contributed by atoms with Crippen molar-refractivity contribution in [2.45, 2.75) is 13.3 Å². The fourth-order valence-electron chi connectivity index (χ4n) is 2.34. The molecule has 1 heterocycles. The first-order chi connectivity index (χ1) is 11.1. The molecule has 2 aromatic carbocycles. The van der Waals surface area contributed by atoms with E-state index in [1.165, 1.54) is 6.92 Å². The van der Waals surface area contributed by atoms with Crippen LogP contribution in [0.2, 0.25) is 0 Å². The van der Waals surface area contributed by atoms with Gasteiger partial charge in [0, 0.05) is 19.4 Å². The first-order valence-corrected chi connectivity index (χ1v) is 7.37. The summed E-state index contributed by atoms with van der Waals surface area (Å²) in [6.45, 7) is 2.11. The third kappa shape index (κ3) is 3.34. The van der Waals surface area contributed by atoms with E-state index in [9.17, 15) is 9.59 Å². The number of hydrogen-bond donors (Lipinski definition) is 0. The van der Waals surface area contributed by atoms with Crippen molar-refractivity contribution in [3.05, 3.63) is 52.7 Å². The zero-order chi connectivity index (χ0) is 16.2. The number of carbonyl (C=O) groups excluding carboxylic acids is 1. The predicted octanol–water partition coefficient (Wildman–Crippen LogP) is 3.28. The summed E-state index contributed by atoms with van der Waals surface area (Å²) in [5, 5.41) is 1.09. The largest absolute Gasteiger partial charge is 0.493 e. The Balaban J connectivity index is 1.80. The van der Waals surface area contributed by atoms with Gasteiger partial charge in [0.15, 0.2) is 0 Å². The van der Waals surface area contributed by atoms with Crippen molar-refractivity contribution in [1.82, 2.24) is 0 Å². The van der Waals surface area contributed by atoms with Crippen molar-refractivity contribution in [2.24, 2.45) is 0 Å². The van der Waals surface area contributed by atoms with Crippen molar-refractivity contribution >= 4 is 27.9 Å². The van der Waals surface area contributed by atoms with E-state index in [1.807, 2.05) is 12.1 Å². The van der Waals surface area contributed by atoms with E-state index in [-0.39, 0.29) is 11.4 Å². The molecule has 0 atom stereocenters. The number of carbonyl (C=O) groups is 1. The van der Waals surface area contributed by atoms with Gasteiger partial charge in [0.2, 0.25) is 5.43 Å². The molecule has 0 radical (unpaired) electrons. The van der Waals surface area contributed by atoms with Crippen molar-refractivity contribution in [3.63, 3.8) is 0 Å². The van der Waals surface area contributed by atoms with Gasteiger partial charge in [0.25, 0.3) is 0 Å². The average molecular weight is 312 g/mol. The Morgan fingerprint density at radius 2 is 1.83 bits per heavy atom. The molecule has 0 bridgehead atoms. The normalized spacial score (nSPS) is 10.8. The first kappa shape index (κ1) is 15.1. The average Bonchev–Trinajstić information content (AvgIpc) is 2.54. The number of fused-ring (bicyclic) bond motifs is 2. The summed E-state index contributed by atoms with van der Waals surface area (Å²) in [5.41, 5.74) is 0.992. The molecule has 3 aromatic rings. The minimum absolute atomic E-state index is 0.0525. The molecular formula is C18H16O5. The Kier molecular flexibility index (Phi) is 4.28. The van der Waals surface area contributed by atoms with Crippen LogP contribution in [0.25, 0.3) is 21.9 Å². The van der Waals surface area contributed by atoms with Crippen LogP contribution in [-0.4, -0.2) is 19.2 Å². The van der Waals surface area contributed by atoms with Crippen LogP contribution in [-0.2, 0) is 9.53 Å². The lowest BCUT2D eigenvalue weighted by molar-refractivity contribution is -0.141. The summed E-state index contributed by atoms with van der Waals surface area (Å²) in [5.74, 6) is 0.308. The summed E-state index contributed by atoms with van der Waals surface area (Å²) in [7, 11) is 0. The highest BCUT2D eigenvalue weighted by molar-refractivity contribution is 5.90. The smallest absolute Gasteiger partial charge is 0.302 e. The zero-order valence-corrected chi connectivity index (χ0v) is 12.7. The van der Waals surface area contributed by atoms with Crippen molar-refractivity contribution in [3.8, 4) is 5.75 Å². The Morgan fingerprint density at radius 1 is 1.04 bits per heavy atom. The number of rotatable bonds is 5. The maximum atomic E-state index is 12.4. The van der Waals surface area contributed by atoms with E-state index in [4.69, 9.17) is 13.9 Å². The third-order valence-corrected chi connectivity index (χ3v) is 3.41. The molecule has 5 nitrogen and oxygen atoms in total. The molecule has 0 amide bonds. The minimum Gasteiger partial charge on any atom is -0.493 e. The molecule has 0 saturated carbocycles. The van der Waals surface area contributed by atoms with Gasteiger partial charge in [-0.2, -0.15) is 0 Å². The number of para-hydroxylation sites is 1. The summed E-state index contributed by atoms with van der Waals surface area (Å²) in [6, 6.07) is 12.3. The lowest BCUT2D eigenvalue weighted by Gasteiger charge is -2.07. The quantitative estimate of drug-likeness (QED) is 0.411. The second kappa shape index (κ2) is 6.52. The molecule has 118 valence electrons. The van der Waals surface area contributed by atoms with Gasteiger partial charge in [-0.3, -0.25) is 9.59 Å². The van der Waals surface area contributed by atoms with Gasteiger partial charge < -0.3 is 13.9 Å². The highest BCUT2D eigenvalue weighted by Gasteiger charge is 2.08. The van der Waals surface area contributed by atoms with Crippen LogP contribution in [0.3, 0.4) is 0 Å². The number of ether oxygens (including phenoxy) is 2. The van der Waals surface area contributed by atoms with Crippen LogP contribution in [0, 0.1) is 0 Å². The highest BCUT2D eigenvalue weighted by atomic mass is 16.5. The van der Waals surface area contributed by atoms with E-state index in [1.54, 1.807) is 30.3 Å². The van der Waals surface area contributed by atoms with E-state index < -0.39 is 0 Å². The van der Waals surface area contributed by atoms with Gasteiger partial charge in [-0.25, -0.2) is 0 Å². The maximum absolute atomic E-state index is 12.4. The molecule has 0 aliphatic rings. The molecular weight excluding hydrogens is 296 g/mol. The van der Waals surface area contributed by atoms with Crippen LogP contribution in [0.1, 0.15) is 13.3 Å². The van der Waals surface area contributed by atoms with Gasteiger partial charge in [0.05, 0.1) is 24.0 Å². The molecule has 0 aliphatic carbocycles. The lowest BCUT2D eigenvalue weighted by atomic mass is 10.1. The van der Waals surface area contributed by atoms with Gasteiger partial charge in [-0.05, 0) is 24.3 Å². The van der Waals surface area contributed by atoms with Crippen LogP contribution in [0.5, 0.6) is 5.75 Å². The van der Waals surface area contributed by atoms with Gasteiger partial charge >= 0.3 is 5.97 Å². The van der Waals surface area contributed by atoms with Gasteiger partial charge in [-0.1, -0.05) is 12.1 Å². The third-order valence-electron chi connectivity index (χ3n) is 3.41. The standard InChI is InChI=1S/C18H16O5/c1-12(19)21-9-4-10-22-13-7-8-15-17(11-13)23-16-6-3-2-5-14(16)18(15)20/h2-3,5-8,11H,4,9-10H2,1H3. The predicted molar refractivity (Wildman–Crippen MR) is 86.7 cm³/mol. The van der Waals surface area contributed by atoms with Crippen LogP contribution in [0.15, 0.2) is 51.7 Å². The monoisotopic (exact) mass is 312 g/mol. The van der Waals surface area contributed by atoms with Crippen LogP contribution >= 0.6 is 0 Å². The van der Waals surface area contributed by atoms with Gasteiger partial charge in [0.1, 0.15) is 16.9 Å². The molecule has 23 heavy (non-hydrogen) atoms. The van der Waals surface area contributed by atoms with Crippen molar-refractivity contribution < 1.29 is 18.7 Å². The molecule has 0 saturated heterocycles. The van der Waals surface area contributed by atoms with E-state index in [0.29, 0.717) is 47.3 Å². The lowest BCUT2D eigenvalue weighted by Crippen LogP contribution is -2.06. The second-order valence-electron chi connectivity index (χ2n) is 5.13. The van der Waals surface area contributed by atoms with Crippen LogP contribution < -0.4 is 10.2 Å². The number of hydrogen-bond acceptors (Lipinski definition) is 5. The van der Waals surface area contributed by atoms with E-state index >= 15 is 0 Å². The van der Waals surface area contributed by atoms with Crippen molar-refractivity contribution in [2.75, 3.05) is 13.2 Å².